The molecule has 0 saturated heterocycles. The van der Waals surface area contributed by atoms with Crippen LogP contribution >= 0.6 is 15.9 Å². The van der Waals surface area contributed by atoms with Crippen LogP contribution in [0.2, 0.25) is 0 Å². The highest BCUT2D eigenvalue weighted by atomic mass is 79.9. The fourth-order valence-corrected chi connectivity index (χ4v) is 2.34. The molecule has 0 heterocycles. The molecule has 0 aromatic heterocycles. The van der Waals surface area contributed by atoms with Crippen LogP contribution in [0.15, 0.2) is 22.7 Å². The maximum absolute atomic E-state index is 13.3. The standard InChI is InChI=1S/C15H23BrFN/c1-5-18-14(8-9-15(2,3)4)11-6-7-13(17)12(16)10-11/h6-7,10,14,18H,5,8-9H2,1-4H3. The van der Waals surface area contributed by atoms with Gasteiger partial charge < -0.3 is 5.32 Å². The smallest absolute Gasteiger partial charge is 0.137 e. The van der Waals surface area contributed by atoms with Gasteiger partial charge in [-0.1, -0.05) is 33.8 Å². The van der Waals surface area contributed by atoms with Gasteiger partial charge in [0.05, 0.1) is 4.47 Å². The summed E-state index contributed by atoms with van der Waals surface area (Å²) in [5.74, 6) is -0.204. The summed E-state index contributed by atoms with van der Waals surface area (Å²) in [6.45, 7) is 9.76. The molecule has 0 aliphatic heterocycles. The van der Waals surface area contributed by atoms with Crippen molar-refractivity contribution >= 4 is 15.9 Å². The Morgan fingerprint density at radius 2 is 2.00 bits per heavy atom. The fraction of sp³-hybridized carbons (Fsp3) is 0.600. The van der Waals surface area contributed by atoms with Gasteiger partial charge in [-0.15, -0.1) is 0 Å². The average Bonchev–Trinajstić information content (AvgIpc) is 2.27. The van der Waals surface area contributed by atoms with Crippen molar-refractivity contribution in [2.24, 2.45) is 5.41 Å². The van der Waals surface area contributed by atoms with Crippen molar-refractivity contribution in [1.29, 1.82) is 0 Å². The zero-order chi connectivity index (χ0) is 13.8. The zero-order valence-corrected chi connectivity index (χ0v) is 13.3. The molecule has 0 radical (unpaired) electrons. The number of benzene rings is 1. The van der Waals surface area contributed by atoms with E-state index in [1.165, 1.54) is 6.07 Å². The molecule has 0 aliphatic carbocycles. The Balaban J connectivity index is 2.80. The molecule has 1 unspecified atom stereocenters. The summed E-state index contributed by atoms with van der Waals surface area (Å²) in [5.41, 5.74) is 1.47. The molecule has 0 bridgehead atoms. The van der Waals surface area contributed by atoms with E-state index in [-0.39, 0.29) is 5.82 Å². The summed E-state index contributed by atoms with van der Waals surface area (Å²) in [6.07, 6.45) is 2.20. The van der Waals surface area contributed by atoms with E-state index in [4.69, 9.17) is 0 Å². The average molecular weight is 316 g/mol. The molecule has 102 valence electrons. The Bertz CT molecular complexity index is 385. The van der Waals surface area contributed by atoms with E-state index < -0.39 is 0 Å². The van der Waals surface area contributed by atoms with Gasteiger partial charge in [0.25, 0.3) is 0 Å². The largest absolute Gasteiger partial charge is 0.310 e. The molecule has 1 nitrogen and oxygen atoms in total. The van der Waals surface area contributed by atoms with Gasteiger partial charge in [-0.05, 0) is 58.4 Å². The number of nitrogens with one attached hydrogen (secondary N) is 1. The van der Waals surface area contributed by atoms with Crippen LogP contribution in [0.5, 0.6) is 0 Å². The van der Waals surface area contributed by atoms with Crippen molar-refractivity contribution in [3.63, 3.8) is 0 Å². The third-order valence-electron chi connectivity index (χ3n) is 2.98. The van der Waals surface area contributed by atoms with E-state index in [1.807, 2.05) is 12.1 Å². The monoisotopic (exact) mass is 315 g/mol. The van der Waals surface area contributed by atoms with E-state index in [1.54, 1.807) is 0 Å². The first-order chi connectivity index (χ1) is 8.33. The van der Waals surface area contributed by atoms with Crippen LogP contribution < -0.4 is 5.32 Å². The van der Waals surface area contributed by atoms with Crippen molar-refractivity contribution in [1.82, 2.24) is 5.32 Å². The molecule has 0 amide bonds. The van der Waals surface area contributed by atoms with Crippen LogP contribution in [-0.4, -0.2) is 6.54 Å². The topological polar surface area (TPSA) is 12.0 Å². The lowest BCUT2D eigenvalue weighted by Crippen LogP contribution is -2.22. The van der Waals surface area contributed by atoms with Crippen molar-refractivity contribution in [3.8, 4) is 0 Å². The number of hydrogen-bond acceptors (Lipinski definition) is 1. The first kappa shape index (κ1) is 15.6. The number of hydrogen-bond donors (Lipinski definition) is 1. The first-order valence-electron chi connectivity index (χ1n) is 6.52. The van der Waals surface area contributed by atoms with Gasteiger partial charge in [0.1, 0.15) is 5.82 Å². The maximum atomic E-state index is 13.3. The lowest BCUT2D eigenvalue weighted by Gasteiger charge is -2.24. The normalized spacial score (nSPS) is 13.7. The third kappa shape index (κ3) is 5.07. The predicted molar refractivity (Wildman–Crippen MR) is 79.2 cm³/mol. The minimum Gasteiger partial charge on any atom is -0.310 e. The molecular weight excluding hydrogens is 293 g/mol. The summed E-state index contributed by atoms with van der Waals surface area (Å²) < 4.78 is 13.8. The maximum Gasteiger partial charge on any atom is 0.137 e. The van der Waals surface area contributed by atoms with Crippen LogP contribution in [0.1, 0.15) is 52.1 Å². The molecule has 1 atom stereocenters. The minimum atomic E-state index is -0.204. The zero-order valence-electron chi connectivity index (χ0n) is 11.7. The molecule has 1 aromatic carbocycles. The second-order valence-electron chi connectivity index (χ2n) is 5.88. The third-order valence-corrected chi connectivity index (χ3v) is 3.59. The van der Waals surface area contributed by atoms with Gasteiger partial charge in [0.15, 0.2) is 0 Å². The van der Waals surface area contributed by atoms with Crippen molar-refractivity contribution < 1.29 is 4.39 Å². The summed E-state index contributed by atoms with van der Waals surface area (Å²) in [7, 11) is 0. The summed E-state index contributed by atoms with van der Waals surface area (Å²) >= 11 is 3.25. The highest BCUT2D eigenvalue weighted by molar-refractivity contribution is 9.10. The van der Waals surface area contributed by atoms with E-state index in [0.29, 0.717) is 15.9 Å². The molecule has 0 fully saturated rings. The number of halogens is 2. The highest BCUT2D eigenvalue weighted by Gasteiger charge is 2.17. The molecule has 0 saturated carbocycles. The molecule has 0 spiro atoms. The Kier molecular flexibility index (Phi) is 5.80. The van der Waals surface area contributed by atoms with Gasteiger partial charge >= 0.3 is 0 Å². The van der Waals surface area contributed by atoms with E-state index >= 15 is 0 Å². The van der Waals surface area contributed by atoms with Gasteiger partial charge in [0.2, 0.25) is 0 Å². The molecule has 18 heavy (non-hydrogen) atoms. The molecule has 3 heteroatoms. The van der Waals surface area contributed by atoms with Gasteiger partial charge in [-0.3, -0.25) is 0 Å². The van der Waals surface area contributed by atoms with E-state index in [2.05, 4.69) is 48.9 Å². The summed E-state index contributed by atoms with van der Waals surface area (Å²) in [6, 6.07) is 5.58. The lowest BCUT2D eigenvalue weighted by molar-refractivity contribution is 0.333. The van der Waals surface area contributed by atoms with E-state index in [0.717, 1.165) is 24.9 Å². The van der Waals surface area contributed by atoms with Crippen LogP contribution in [0.4, 0.5) is 4.39 Å². The molecule has 0 aliphatic rings. The minimum absolute atomic E-state index is 0.204. The number of rotatable bonds is 5. The van der Waals surface area contributed by atoms with E-state index in [9.17, 15) is 4.39 Å². The molecule has 1 N–H and O–H groups in total. The Morgan fingerprint density at radius 1 is 1.33 bits per heavy atom. The summed E-state index contributed by atoms with van der Waals surface area (Å²) in [4.78, 5) is 0. The predicted octanol–water partition coefficient (Wildman–Crippen LogP) is 5.07. The van der Waals surface area contributed by atoms with Crippen LogP contribution in [0.3, 0.4) is 0 Å². The van der Waals surface area contributed by atoms with Crippen LogP contribution in [0, 0.1) is 11.2 Å². The Labute approximate surface area is 118 Å². The Morgan fingerprint density at radius 3 is 2.50 bits per heavy atom. The van der Waals surface area contributed by atoms with Crippen molar-refractivity contribution in [2.45, 2.75) is 46.6 Å². The Hall–Kier alpha value is -0.410. The van der Waals surface area contributed by atoms with Gasteiger partial charge in [-0.2, -0.15) is 0 Å². The SMILES string of the molecule is CCNC(CCC(C)(C)C)c1ccc(F)c(Br)c1. The fourth-order valence-electron chi connectivity index (χ4n) is 1.94. The molecule has 1 rings (SSSR count). The summed E-state index contributed by atoms with van der Waals surface area (Å²) in [5, 5.41) is 3.47. The second kappa shape index (κ2) is 6.67. The molecular formula is C15H23BrFN. The van der Waals surface area contributed by atoms with Gasteiger partial charge in [-0.25, -0.2) is 4.39 Å². The molecule has 1 aromatic rings. The highest BCUT2D eigenvalue weighted by Crippen LogP contribution is 2.29. The lowest BCUT2D eigenvalue weighted by atomic mass is 9.87. The van der Waals surface area contributed by atoms with Crippen molar-refractivity contribution in [2.75, 3.05) is 6.54 Å². The quantitative estimate of drug-likeness (QED) is 0.800. The second-order valence-corrected chi connectivity index (χ2v) is 6.74. The van der Waals surface area contributed by atoms with Crippen molar-refractivity contribution in [3.05, 3.63) is 34.1 Å². The van der Waals surface area contributed by atoms with Crippen LogP contribution in [0.25, 0.3) is 0 Å². The first-order valence-corrected chi connectivity index (χ1v) is 7.31. The van der Waals surface area contributed by atoms with Gasteiger partial charge in [0, 0.05) is 6.04 Å². The van der Waals surface area contributed by atoms with Crippen LogP contribution in [-0.2, 0) is 0 Å².